The van der Waals surface area contributed by atoms with Crippen LogP contribution in [0.5, 0.6) is 0 Å². The first-order valence-electron chi connectivity index (χ1n) is 7.98. The molecular weight excluding hydrogens is 270 g/mol. The molecule has 1 N–H and O–H groups in total. The summed E-state index contributed by atoms with van der Waals surface area (Å²) < 4.78 is 0. The van der Waals surface area contributed by atoms with Crippen LogP contribution < -0.4 is 0 Å². The molecule has 0 heterocycles. The van der Waals surface area contributed by atoms with Crippen molar-refractivity contribution in [2.45, 2.75) is 47.0 Å². The molecule has 0 aromatic rings. The lowest BCUT2D eigenvalue weighted by molar-refractivity contribution is 0.402. The molecule has 0 aliphatic heterocycles. The van der Waals surface area contributed by atoms with Crippen LogP contribution in [-0.2, 0) is 0 Å². The van der Waals surface area contributed by atoms with Crippen molar-refractivity contribution in [2.75, 3.05) is 0 Å². The van der Waals surface area contributed by atoms with Crippen LogP contribution >= 0.6 is 0 Å². The molecule has 0 fully saturated rings. The number of aliphatic imine (C=N–C) groups is 1. The Bertz CT molecular complexity index is 528. The van der Waals surface area contributed by atoms with E-state index in [0.29, 0.717) is 12.2 Å². The molecule has 0 saturated carbocycles. The standard InChI is InChI=1S/C18H23NO.C2H6/c1-5-13-19-18(14(4)6-2)17(7-3)15-9-8-10-16(20)12-11-15;1-2/h7-9,11-13,20H,3-6,10H2,1-2H3;1-2H3/b18-17-,19-13?;. The summed E-state index contributed by atoms with van der Waals surface area (Å²) in [6.07, 6.45) is 13.5. The lowest BCUT2D eigenvalue weighted by atomic mass is 9.98. The molecule has 1 rings (SSSR count). The maximum atomic E-state index is 9.57. The minimum absolute atomic E-state index is 0.354. The van der Waals surface area contributed by atoms with E-state index < -0.39 is 0 Å². The van der Waals surface area contributed by atoms with Gasteiger partial charge in [0.25, 0.3) is 0 Å². The van der Waals surface area contributed by atoms with E-state index in [-0.39, 0.29) is 0 Å². The Kier molecular flexibility index (Phi) is 10.5. The van der Waals surface area contributed by atoms with Gasteiger partial charge >= 0.3 is 0 Å². The minimum atomic E-state index is 0.354. The predicted octanol–water partition coefficient (Wildman–Crippen LogP) is 6.23. The molecule has 120 valence electrons. The third-order valence-corrected chi connectivity index (χ3v) is 3.01. The largest absolute Gasteiger partial charge is 0.512 e. The fraction of sp³-hybridized carbons (Fsp3) is 0.350. The highest BCUT2D eigenvalue weighted by atomic mass is 16.3. The van der Waals surface area contributed by atoms with Gasteiger partial charge in [-0.2, -0.15) is 0 Å². The van der Waals surface area contributed by atoms with Gasteiger partial charge in [0.15, 0.2) is 0 Å². The molecule has 0 unspecified atom stereocenters. The van der Waals surface area contributed by atoms with Gasteiger partial charge in [0, 0.05) is 18.2 Å². The molecule has 2 heteroatoms. The Labute approximate surface area is 135 Å². The number of aliphatic hydroxyl groups excluding tert-OH is 1. The van der Waals surface area contributed by atoms with Crippen molar-refractivity contribution >= 4 is 6.21 Å². The number of rotatable bonds is 6. The minimum Gasteiger partial charge on any atom is -0.512 e. The zero-order valence-electron chi connectivity index (χ0n) is 14.4. The van der Waals surface area contributed by atoms with E-state index >= 15 is 0 Å². The first kappa shape index (κ1) is 19.9. The summed E-state index contributed by atoms with van der Waals surface area (Å²) in [4.78, 5) is 4.53. The van der Waals surface area contributed by atoms with Crippen LogP contribution in [0, 0.1) is 0 Å². The number of hydrogen-bond donors (Lipinski definition) is 1. The Morgan fingerprint density at radius 3 is 2.55 bits per heavy atom. The van der Waals surface area contributed by atoms with Gasteiger partial charge in [-0.3, -0.25) is 4.99 Å². The van der Waals surface area contributed by atoms with Gasteiger partial charge in [-0.1, -0.05) is 65.2 Å². The van der Waals surface area contributed by atoms with Gasteiger partial charge in [0.1, 0.15) is 0 Å². The zero-order chi connectivity index (χ0) is 17.0. The van der Waals surface area contributed by atoms with Crippen molar-refractivity contribution in [3.63, 3.8) is 0 Å². The van der Waals surface area contributed by atoms with E-state index in [1.165, 1.54) is 0 Å². The monoisotopic (exact) mass is 299 g/mol. The van der Waals surface area contributed by atoms with Gasteiger partial charge in [-0.25, -0.2) is 0 Å². The average molecular weight is 299 g/mol. The van der Waals surface area contributed by atoms with Crippen LogP contribution in [0.4, 0.5) is 0 Å². The summed E-state index contributed by atoms with van der Waals surface area (Å²) in [6.45, 7) is 16.1. The number of nitrogens with zero attached hydrogens (tertiary/aromatic N) is 1. The second-order valence-electron chi connectivity index (χ2n) is 4.53. The number of aliphatic hydroxyl groups is 1. The maximum absolute atomic E-state index is 9.57. The summed E-state index contributed by atoms with van der Waals surface area (Å²) >= 11 is 0. The van der Waals surface area contributed by atoms with E-state index in [1.54, 1.807) is 12.2 Å². The first-order valence-corrected chi connectivity index (χ1v) is 7.98. The Hall–Kier alpha value is -2.09. The smallest absolute Gasteiger partial charge is 0.0960 e. The van der Waals surface area contributed by atoms with Crippen molar-refractivity contribution in [2.24, 2.45) is 4.99 Å². The summed E-state index contributed by atoms with van der Waals surface area (Å²) in [5.41, 5.74) is 3.79. The van der Waals surface area contributed by atoms with Crippen LogP contribution in [-0.4, -0.2) is 11.3 Å². The van der Waals surface area contributed by atoms with Gasteiger partial charge in [-0.15, -0.1) is 0 Å². The first-order chi connectivity index (χ1) is 10.6. The van der Waals surface area contributed by atoms with E-state index in [0.717, 1.165) is 35.3 Å². The molecular formula is C20H29NO. The summed E-state index contributed by atoms with van der Waals surface area (Å²) in [6, 6.07) is 0. The maximum Gasteiger partial charge on any atom is 0.0960 e. The second-order valence-corrected chi connectivity index (χ2v) is 4.53. The fourth-order valence-electron chi connectivity index (χ4n) is 1.85. The van der Waals surface area contributed by atoms with Gasteiger partial charge in [-0.05, 0) is 30.1 Å². The normalized spacial score (nSPS) is 15.1. The van der Waals surface area contributed by atoms with Gasteiger partial charge in [0.05, 0.1) is 11.5 Å². The fourth-order valence-corrected chi connectivity index (χ4v) is 1.85. The van der Waals surface area contributed by atoms with Crippen molar-refractivity contribution in [1.82, 2.24) is 0 Å². The van der Waals surface area contributed by atoms with Gasteiger partial charge < -0.3 is 5.11 Å². The zero-order valence-corrected chi connectivity index (χ0v) is 14.4. The van der Waals surface area contributed by atoms with Crippen molar-refractivity contribution in [3.05, 3.63) is 71.7 Å². The van der Waals surface area contributed by atoms with Crippen LogP contribution in [0.1, 0.15) is 47.0 Å². The van der Waals surface area contributed by atoms with Crippen LogP contribution in [0.25, 0.3) is 0 Å². The molecule has 0 saturated heterocycles. The molecule has 0 radical (unpaired) electrons. The van der Waals surface area contributed by atoms with Crippen molar-refractivity contribution in [3.8, 4) is 0 Å². The summed E-state index contributed by atoms with van der Waals surface area (Å²) in [5, 5.41) is 9.57. The third-order valence-electron chi connectivity index (χ3n) is 3.01. The summed E-state index contributed by atoms with van der Waals surface area (Å²) in [7, 11) is 0. The molecule has 0 atom stereocenters. The van der Waals surface area contributed by atoms with E-state index in [4.69, 9.17) is 0 Å². The topological polar surface area (TPSA) is 32.6 Å². The highest BCUT2D eigenvalue weighted by Crippen LogP contribution is 2.26. The van der Waals surface area contributed by atoms with Crippen molar-refractivity contribution in [1.29, 1.82) is 0 Å². The van der Waals surface area contributed by atoms with Crippen LogP contribution in [0.15, 0.2) is 76.7 Å². The number of hydrogen-bond acceptors (Lipinski definition) is 2. The van der Waals surface area contributed by atoms with E-state index in [9.17, 15) is 5.11 Å². The van der Waals surface area contributed by atoms with Crippen LogP contribution in [0.3, 0.4) is 0 Å². The predicted molar refractivity (Wildman–Crippen MR) is 99.3 cm³/mol. The van der Waals surface area contributed by atoms with E-state index in [2.05, 4.69) is 32.0 Å². The molecule has 0 aromatic heterocycles. The van der Waals surface area contributed by atoms with Crippen molar-refractivity contribution < 1.29 is 5.11 Å². The molecule has 0 aromatic carbocycles. The molecule has 2 nitrogen and oxygen atoms in total. The average Bonchev–Trinajstić information content (AvgIpc) is 2.77. The molecule has 0 amide bonds. The molecule has 0 spiro atoms. The molecule has 22 heavy (non-hydrogen) atoms. The molecule has 1 aliphatic rings. The Morgan fingerprint density at radius 1 is 1.32 bits per heavy atom. The number of allylic oxidation sites excluding steroid dienone is 8. The third kappa shape index (κ3) is 6.13. The molecule has 1 aliphatic carbocycles. The summed E-state index contributed by atoms with van der Waals surface area (Å²) in [5.74, 6) is 0.354. The second kappa shape index (κ2) is 11.6. The van der Waals surface area contributed by atoms with E-state index in [1.807, 2.05) is 38.3 Å². The highest BCUT2D eigenvalue weighted by Gasteiger charge is 2.09. The van der Waals surface area contributed by atoms with Crippen LogP contribution in [0.2, 0.25) is 0 Å². The quantitative estimate of drug-likeness (QED) is 0.457. The lowest BCUT2D eigenvalue weighted by Crippen LogP contribution is -1.94. The Morgan fingerprint density at radius 2 is 2.00 bits per heavy atom. The Balaban J connectivity index is 0.00000211. The SMILES string of the molecule is C=C/C(C1=CC=C(O)CC=C1)=C(/N=CCC)C(=C)CC.CC. The lowest BCUT2D eigenvalue weighted by Gasteiger charge is -2.11. The molecule has 0 bridgehead atoms. The highest BCUT2D eigenvalue weighted by molar-refractivity contribution is 5.63. The van der Waals surface area contributed by atoms with Gasteiger partial charge in [0.2, 0.25) is 0 Å².